The lowest BCUT2D eigenvalue weighted by molar-refractivity contribution is 0.332. The van der Waals surface area contributed by atoms with Crippen LogP contribution >= 0.6 is 24.0 Å². The van der Waals surface area contributed by atoms with Crippen LogP contribution in [0.1, 0.15) is 50.3 Å². The molecule has 1 aromatic carbocycles. The van der Waals surface area contributed by atoms with Crippen LogP contribution in [-0.4, -0.2) is 12.6 Å². The molecule has 0 fully saturated rings. The molecular formula is C15H25Cl2NO. The Kier molecular flexibility index (Phi) is 7.80. The fourth-order valence-corrected chi connectivity index (χ4v) is 2.83. The van der Waals surface area contributed by atoms with E-state index in [2.05, 4.69) is 13.8 Å². The number of rotatable bonds is 5. The minimum Gasteiger partial charge on any atom is -0.493 e. The fraction of sp³-hybridized carbons (Fsp3) is 0.600. The van der Waals surface area contributed by atoms with Crippen molar-refractivity contribution in [2.75, 3.05) is 6.61 Å². The summed E-state index contributed by atoms with van der Waals surface area (Å²) < 4.78 is 5.80. The van der Waals surface area contributed by atoms with E-state index >= 15 is 0 Å². The second-order valence-electron chi connectivity index (χ2n) is 5.17. The lowest BCUT2D eigenvalue weighted by atomic mass is 9.91. The van der Waals surface area contributed by atoms with Crippen molar-refractivity contribution in [3.8, 4) is 5.75 Å². The second kappa shape index (κ2) is 7.98. The Hall–Kier alpha value is -0.440. The lowest BCUT2D eigenvalue weighted by Gasteiger charge is -2.22. The van der Waals surface area contributed by atoms with E-state index in [0.29, 0.717) is 12.5 Å². The van der Waals surface area contributed by atoms with Gasteiger partial charge in [-0.1, -0.05) is 25.4 Å². The molecule has 0 aliphatic rings. The van der Waals surface area contributed by atoms with Gasteiger partial charge in [-0.15, -0.1) is 12.4 Å². The van der Waals surface area contributed by atoms with Gasteiger partial charge in [0.2, 0.25) is 0 Å². The molecule has 1 unspecified atom stereocenters. The van der Waals surface area contributed by atoms with Crippen molar-refractivity contribution in [3.63, 3.8) is 0 Å². The quantitative estimate of drug-likeness (QED) is 0.870. The first-order valence-electron chi connectivity index (χ1n) is 6.58. The van der Waals surface area contributed by atoms with Gasteiger partial charge < -0.3 is 10.5 Å². The standard InChI is InChI=1S/C15H24ClNO.ClH/c1-6-18-15-10(4)7-13(16)14(9(2)3)12(15)8-11(5)17;/h7,9,11H,6,8,17H2,1-5H3;1H. The van der Waals surface area contributed by atoms with E-state index in [0.717, 1.165) is 22.8 Å². The molecular weight excluding hydrogens is 281 g/mol. The molecule has 1 rings (SSSR count). The van der Waals surface area contributed by atoms with Gasteiger partial charge in [-0.3, -0.25) is 0 Å². The summed E-state index contributed by atoms with van der Waals surface area (Å²) in [7, 11) is 0. The first-order valence-corrected chi connectivity index (χ1v) is 6.96. The Morgan fingerprint density at radius 2 is 1.89 bits per heavy atom. The molecule has 0 aliphatic heterocycles. The van der Waals surface area contributed by atoms with Gasteiger partial charge in [0.15, 0.2) is 0 Å². The zero-order valence-corrected chi connectivity index (χ0v) is 14.0. The summed E-state index contributed by atoms with van der Waals surface area (Å²) in [6.45, 7) is 11.0. The van der Waals surface area contributed by atoms with Crippen LogP contribution in [0, 0.1) is 6.92 Å². The molecule has 0 amide bonds. The molecule has 0 aromatic heterocycles. The first kappa shape index (κ1) is 18.6. The summed E-state index contributed by atoms with van der Waals surface area (Å²) >= 11 is 6.39. The molecule has 0 saturated carbocycles. The minimum atomic E-state index is 0. The smallest absolute Gasteiger partial charge is 0.125 e. The molecule has 0 aliphatic carbocycles. The number of halogens is 2. The molecule has 0 spiro atoms. The van der Waals surface area contributed by atoms with Crippen LogP contribution in [0.15, 0.2) is 6.07 Å². The minimum absolute atomic E-state index is 0. The maximum Gasteiger partial charge on any atom is 0.125 e. The van der Waals surface area contributed by atoms with Crippen molar-refractivity contribution in [2.45, 2.75) is 53.0 Å². The highest BCUT2D eigenvalue weighted by atomic mass is 35.5. The SMILES string of the molecule is CCOc1c(C)cc(Cl)c(C(C)C)c1CC(C)N.Cl. The number of benzene rings is 1. The highest BCUT2D eigenvalue weighted by Crippen LogP contribution is 2.37. The predicted molar refractivity (Wildman–Crippen MR) is 86.0 cm³/mol. The third-order valence-corrected chi connectivity index (χ3v) is 3.26. The topological polar surface area (TPSA) is 35.2 Å². The number of aryl methyl sites for hydroxylation is 1. The lowest BCUT2D eigenvalue weighted by Crippen LogP contribution is -2.20. The number of ether oxygens (including phenoxy) is 1. The summed E-state index contributed by atoms with van der Waals surface area (Å²) in [5.41, 5.74) is 9.39. The van der Waals surface area contributed by atoms with E-state index in [1.165, 1.54) is 11.1 Å². The van der Waals surface area contributed by atoms with Gasteiger partial charge in [-0.2, -0.15) is 0 Å². The van der Waals surface area contributed by atoms with Crippen LogP contribution in [0.5, 0.6) is 5.75 Å². The first-order chi connectivity index (χ1) is 8.38. The molecule has 110 valence electrons. The predicted octanol–water partition coefficient (Wildman–Crippen LogP) is 4.48. The second-order valence-corrected chi connectivity index (χ2v) is 5.57. The van der Waals surface area contributed by atoms with E-state index in [1.807, 2.05) is 26.8 Å². The van der Waals surface area contributed by atoms with Gasteiger partial charge in [0.25, 0.3) is 0 Å². The van der Waals surface area contributed by atoms with Gasteiger partial charge >= 0.3 is 0 Å². The molecule has 0 heterocycles. The Morgan fingerprint density at radius 3 is 2.32 bits per heavy atom. The molecule has 0 bridgehead atoms. The Bertz CT molecular complexity index is 417. The van der Waals surface area contributed by atoms with Crippen molar-refractivity contribution in [1.82, 2.24) is 0 Å². The summed E-state index contributed by atoms with van der Waals surface area (Å²) in [4.78, 5) is 0. The molecule has 19 heavy (non-hydrogen) atoms. The van der Waals surface area contributed by atoms with Gasteiger partial charge in [0.1, 0.15) is 5.75 Å². The highest BCUT2D eigenvalue weighted by molar-refractivity contribution is 6.31. The Balaban J connectivity index is 0.00000324. The Labute approximate surface area is 128 Å². The third-order valence-electron chi connectivity index (χ3n) is 2.95. The van der Waals surface area contributed by atoms with E-state index < -0.39 is 0 Å². The van der Waals surface area contributed by atoms with Crippen LogP contribution in [0.3, 0.4) is 0 Å². The van der Waals surface area contributed by atoms with Crippen LogP contribution in [-0.2, 0) is 6.42 Å². The Morgan fingerprint density at radius 1 is 1.32 bits per heavy atom. The van der Waals surface area contributed by atoms with Gasteiger partial charge in [-0.05, 0) is 50.3 Å². The van der Waals surface area contributed by atoms with E-state index in [4.69, 9.17) is 22.1 Å². The average molecular weight is 306 g/mol. The highest BCUT2D eigenvalue weighted by Gasteiger charge is 2.19. The number of nitrogens with two attached hydrogens (primary N) is 1. The molecule has 0 saturated heterocycles. The molecule has 1 atom stereocenters. The third kappa shape index (κ3) is 4.55. The molecule has 4 heteroatoms. The van der Waals surface area contributed by atoms with Crippen molar-refractivity contribution in [1.29, 1.82) is 0 Å². The average Bonchev–Trinajstić information content (AvgIpc) is 2.22. The van der Waals surface area contributed by atoms with E-state index in [1.54, 1.807) is 0 Å². The normalized spacial score (nSPS) is 12.2. The van der Waals surface area contributed by atoms with Crippen LogP contribution in [0.25, 0.3) is 0 Å². The van der Waals surface area contributed by atoms with Crippen LogP contribution in [0.2, 0.25) is 5.02 Å². The summed E-state index contributed by atoms with van der Waals surface area (Å²) in [6, 6.07) is 2.09. The maximum atomic E-state index is 6.39. The van der Waals surface area contributed by atoms with Gasteiger partial charge in [0, 0.05) is 16.6 Å². The molecule has 2 nitrogen and oxygen atoms in total. The summed E-state index contributed by atoms with van der Waals surface area (Å²) in [5, 5.41) is 0.821. The number of hydrogen-bond acceptors (Lipinski definition) is 2. The zero-order valence-electron chi connectivity index (χ0n) is 12.4. The van der Waals surface area contributed by atoms with Crippen LogP contribution < -0.4 is 10.5 Å². The van der Waals surface area contributed by atoms with Crippen molar-refractivity contribution in [3.05, 3.63) is 27.8 Å². The zero-order chi connectivity index (χ0) is 13.9. The van der Waals surface area contributed by atoms with Crippen molar-refractivity contribution in [2.24, 2.45) is 5.73 Å². The number of hydrogen-bond donors (Lipinski definition) is 1. The molecule has 1 aromatic rings. The largest absolute Gasteiger partial charge is 0.493 e. The van der Waals surface area contributed by atoms with Crippen molar-refractivity contribution < 1.29 is 4.74 Å². The maximum absolute atomic E-state index is 6.39. The fourth-order valence-electron chi connectivity index (χ4n) is 2.33. The van der Waals surface area contributed by atoms with Gasteiger partial charge in [0.05, 0.1) is 6.61 Å². The molecule has 0 radical (unpaired) electrons. The monoisotopic (exact) mass is 305 g/mol. The summed E-state index contributed by atoms with van der Waals surface area (Å²) in [6.07, 6.45) is 0.796. The summed E-state index contributed by atoms with van der Waals surface area (Å²) in [5.74, 6) is 1.33. The molecule has 2 N–H and O–H groups in total. The van der Waals surface area contributed by atoms with Gasteiger partial charge in [-0.25, -0.2) is 0 Å². The van der Waals surface area contributed by atoms with E-state index in [-0.39, 0.29) is 18.4 Å². The van der Waals surface area contributed by atoms with Crippen molar-refractivity contribution >= 4 is 24.0 Å². The van der Waals surface area contributed by atoms with E-state index in [9.17, 15) is 0 Å². The van der Waals surface area contributed by atoms with Crippen LogP contribution in [0.4, 0.5) is 0 Å².